The van der Waals surface area contributed by atoms with Crippen molar-refractivity contribution >= 4 is 24.1 Å². The third kappa shape index (κ3) is 8.02. The first kappa shape index (κ1) is 27.6. The number of nitrogens with one attached hydrogen (secondary N) is 3. The van der Waals surface area contributed by atoms with Gasteiger partial charge in [0.25, 0.3) is 5.91 Å². The van der Waals surface area contributed by atoms with Crippen molar-refractivity contribution < 1.29 is 46.9 Å². The number of rotatable bonds is 10. The predicted molar refractivity (Wildman–Crippen MR) is 123 cm³/mol. The molecule has 14 heteroatoms. The summed E-state index contributed by atoms with van der Waals surface area (Å²) >= 11 is 0. The Morgan fingerprint density at radius 3 is 2.73 bits per heavy atom. The van der Waals surface area contributed by atoms with Gasteiger partial charge in [0.2, 0.25) is 0 Å². The Labute approximate surface area is 209 Å². The number of alkyl halides is 3. The highest BCUT2D eigenvalue weighted by Crippen LogP contribution is 2.36. The number of carbonyl (C=O) groups is 3. The number of amides is 2. The molecule has 0 radical (unpaired) electrons. The lowest BCUT2D eigenvalue weighted by Crippen LogP contribution is -2.37. The number of aromatic amines is 1. The van der Waals surface area contributed by atoms with Crippen LogP contribution in [0.2, 0.25) is 0 Å². The lowest BCUT2D eigenvalue weighted by molar-refractivity contribution is -0.138. The summed E-state index contributed by atoms with van der Waals surface area (Å²) in [6.45, 7) is 0.774. The van der Waals surface area contributed by atoms with Gasteiger partial charge < -0.3 is 30.0 Å². The van der Waals surface area contributed by atoms with E-state index in [0.29, 0.717) is 31.2 Å². The summed E-state index contributed by atoms with van der Waals surface area (Å²) in [6.07, 6.45) is -4.91. The van der Waals surface area contributed by atoms with Crippen molar-refractivity contribution in [2.45, 2.75) is 56.8 Å². The van der Waals surface area contributed by atoms with Crippen molar-refractivity contribution in [3.05, 3.63) is 29.5 Å². The molecule has 1 heterocycles. The average molecular weight is 528 g/mol. The minimum atomic E-state index is -4.39. The molecule has 1 saturated carbocycles. The lowest BCUT2D eigenvalue weighted by Gasteiger charge is -2.18. The number of phenolic OH excluding ortho intramolecular Hbond substituents is 1. The number of alkyl carbamates (subject to hydrolysis) is 1. The topological polar surface area (TPSA) is 152 Å². The summed E-state index contributed by atoms with van der Waals surface area (Å²) in [6, 6.07) is 3.11. The molecular weight excluding hydrogens is 501 g/mol. The van der Waals surface area contributed by atoms with E-state index in [2.05, 4.69) is 20.8 Å². The van der Waals surface area contributed by atoms with E-state index in [1.807, 2.05) is 0 Å². The van der Waals surface area contributed by atoms with Gasteiger partial charge in [0.15, 0.2) is 18.7 Å². The zero-order valence-corrected chi connectivity index (χ0v) is 20.1. The Morgan fingerprint density at radius 2 is 2.05 bits per heavy atom. The number of aromatic nitrogens is 2. The fourth-order valence-electron chi connectivity index (χ4n) is 3.99. The molecule has 11 nitrogen and oxygen atoms in total. The largest absolute Gasteiger partial charge is 0.507 e. The maximum absolute atomic E-state index is 12.4. The van der Waals surface area contributed by atoms with Crippen molar-refractivity contribution in [1.29, 1.82) is 0 Å². The zero-order chi connectivity index (χ0) is 27.2. The van der Waals surface area contributed by atoms with E-state index in [0.717, 1.165) is 0 Å². The van der Waals surface area contributed by atoms with Crippen molar-refractivity contribution in [2.75, 3.05) is 19.0 Å². The first-order chi connectivity index (χ1) is 17.5. The number of hydrogen-bond acceptors (Lipinski definition) is 8. The van der Waals surface area contributed by atoms with Crippen LogP contribution in [0.25, 0.3) is 0 Å². The Hall–Kier alpha value is -3.97. The normalized spacial score (nSPS) is 18.1. The van der Waals surface area contributed by atoms with Crippen molar-refractivity contribution in [2.24, 2.45) is 0 Å². The van der Waals surface area contributed by atoms with E-state index in [-0.39, 0.29) is 34.5 Å². The van der Waals surface area contributed by atoms with Gasteiger partial charge in [-0.1, -0.05) is 0 Å². The molecule has 0 unspecified atom stereocenters. The highest BCUT2D eigenvalue weighted by molar-refractivity contribution is 5.91. The van der Waals surface area contributed by atoms with Crippen LogP contribution < -0.4 is 20.1 Å². The van der Waals surface area contributed by atoms with Crippen LogP contribution in [0.1, 0.15) is 54.6 Å². The van der Waals surface area contributed by atoms with Gasteiger partial charge in [-0.05, 0) is 26.2 Å². The standard InChI is InChI=1S/C23H27F3N4O7/c1-12(9-23(24,25)26)27-22(34)37-14-4-3-13(5-14)17-8-20(30-29-17)28-21(33)11-36-19-7-15(35-2)6-18(32)16(19)10-31/h6-8,10,12-14,32H,3-5,9,11H2,1-2H3,(H,27,34)(H2,28,29,30,33)/t12-,13-,14+/m0/s1. The van der Waals surface area contributed by atoms with Gasteiger partial charge in [0.1, 0.15) is 23.4 Å². The number of H-pyrrole nitrogens is 1. The molecule has 1 aromatic carbocycles. The van der Waals surface area contributed by atoms with Gasteiger partial charge in [-0.2, -0.15) is 18.3 Å². The number of benzene rings is 1. The minimum absolute atomic E-state index is 0.0291. The molecule has 0 bridgehead atoms. The van der Waals surface area contributed by atoms with Crippen LogP contribution in [-0.2, 0) is 9.53 Å². The molecule has 0 aliphatic heterocycles. The number of anilines is 1. The molecule has 2 amide bonds. The lowest BCUT2D eigenvalue weighted by atomic mass is 10.0. The number of phenols is 1. The first-order valence-electron chi connectivity index (χ1n) is 11.4. The second kappa shape index (κ2) is 11.8. The van der Waals surface area contributed by atoms with Crippen LogP contribution >= 0.6 is 0 Å². The third-order valence-corrected chi connectivity index (χ3v) is 5.67. The van der Waals surface area contributed by atoms with E-state index in [1.165, 1.54) is 26.2 Å². The predicted octanol–water partition coefficient (Wildman–Crippen LogP) is 3.66. The number of methoxy groups -OCH3 is 1. The van der Waals surface area contributed by atoms with Crippen LogP contribution in [0.4, 0.5) is 23.8 Å². The number of ether oxygens (including phenoxy) is 3. The molecular formula is C23H27F3N4O7. The minimum Gasteiger partial charge on any atom is -0.507 e. The van der Waals surface area contributed by atoms with E-state index in [4.69, 9.17) is 14.2 Å². The van der Waals surface area contributed by atoms with Gasteiger partial charge >= 0.3 is 12.3 Å². The molecule has 202 valence electrons. The van der Waals surface area contributed by atoms with E-state index in [9.17, 15) is 32.7 Å². The van der Waals surface area contributed by atoms with Gasteiger partial charge in [-0.25, -0.2) is 4.79 Å². The summed E-state index contributed by atoms with van der Waals surface area (Å²) in [4.78, 5) is 35.4. The molecule has 3 atom stereocenters. The number of carbonyl (C=O) groups excluding carboxylic acids is 3. The quantitative estimate of drug-likeness (QED) is 0.341. The fraction of sp³-hybridized carbons (Fsp3) is 0.478. The second-order valence-electron chi connectivity index (χ2n) is 8.62. The molecule has 1 aliphatic carbocycles. The number of hydrogen-bond donors (Lipinski definition) is 4. The first-order valence-corrected chi connectivity index (χ1v) is 11.4. The van der Waals surface area contributed by atoms with Gasteiger partial charge in [0.05, 0.1) is 19.1 Å². The Balaban J connectivity index is 1.48. The number of nitrogens with zero attached hydrogens (tertiary/aromatic N) is 1. The van der Waals surface area contributed by atoms with E-state index in [1.54, 1.807) is 6.07 Å². The molecule has 0 spiro atoms. The van der Waals surface area contributed by atoms with Gasteiger partial charge in [0, 0.05) is 35.9 Å². The SMILES string of the molecule is COc1cc(O)c(C=O)c(OCC(=O)Nc2cc([C@H]3CC[C@@H](OC(=O)N[C@@H](C)CC(F)(F)F)C3)[nH]n2)c1. The highest BCUT2D eigenvalue weighted by atomic mass is 19.4. The summed E-state index contributed by atoms with van der Waals surface area (Å²) in [5, 5.41) is 21.5. The second-order valence-corrected chi connectivity index (χ2v) is 8.62. The van der Waals surface area contributed by atoms with Crippen molar-refractivity contribution in [1.82, 2.24) is 15.5 Å². The molecule has 37 heavy (non-hydrogen) atoms. The number of aromatic hydroxyl groups is 1. The monoisotopic (exact) mass is 528 g/mol. The molecule has 4 N–H and O–H groups in total. The zero-order valence-electron chi connectivity index (χ0n) is 20.1. The molecule has 3 rings (SSSR count). The Morgan fingerprint density at radius 1 is 1.30 bits per heavy atom. The molecule has 1 aliphatic rings. The molecule has 2 aromatic rings. The Kier molecular flexibility index (Phi) is 8.84. The molecule has 1 aromatic heterocycles. The van der Waals surface area contributed by atoms with Gasteiger partial charge in [-0.15, -0.1) is 0 Å². The van der Waals surface area contributed by atoms with Crippen LogP contribution in [0.15, 0.2) is 18.2 Å². The maximum atomic E-state index is 12.4. The fourth-order valence-corrected chi connectivity index (χ4v) is 3.99. The molecule has 1 fully saturated rings. The van der Waals surface area contributed by atoms with Crippen molar-refractivity contribution in [3.8, 4) is 17.2 Å². The maximum Gasteiger partial charge on any atom is 0.407 e. The third-order valence-electron chi connectivity index (χ3n) is 5.67. The van der Waals surface area contributed by atoms with Crippen LogP contribution in [-0.4, -0.2) is 65.6 Å². The molecule has 0 saturated heterocycles. The Bertz CT molecular complexity index is 1120. The summed E-state index contributed by atoms with van der Waals surface area (Å²) in [7, 11) is 1.37. The number of aldehydes is 1. The summed E-state index contributed by atoms with van der Waals surface area (Å²) < 4.78 is 52.9. The highest BCUT2D eigenvalue weighted by Gasteiger charge is 2.33. The van der Waals surface area contributed by atoms with E-state index >= 15 is 0 Å². The van der Waals surface area contributed by atoms with Gasteiger partial charge in [-0.3, -0.25) is 14.7 Å². The summed E-state index contributed by atoms with van der Waals surface area (Å²) in [5.74, 6) is -0.560. The van der Waals surface area contributed by atoms with Crippen LogP contribution in [0, 0.1) is 0 Å². The average Bonchev–Trinajstić information content (AvgIpc) is 3.45. The van der Waals surface area contributed by atoms with E-state index < -0.39 is 43.4 Å². The summed E-state index contributed by atoms with van der Waals surface area (Å²) in [5.41, 5.74) is 0.561. The smallest absolute Gasteiger partial charge is 0.407 e. The number of halogens is 3. The van der Waals surface area contributed by atoms with Crippen LogP contribution in [0.3, 0.4) is 0 Å². The van der Waals surface area contributed by atoms with Crippen molar-refractivity contribution in [3.63, 3.8) is 0 Å². The van der Waals surface area contributed by atoms with Crippen LogP contribution in [0.5, 0.6) is 17.2 Å².